The number of thiazole rings is 1. The molecule has 3 aromatic heterocycles. The minimum absolute atomic E-state index is 0.0240. The first-order valence-corrected chi connectivity index (χ1v) is 33.6. The molecule has 5 amide bonds. The molecule has 4 saturated carbocycles. The molecule has 508 valence electrons. The van der Waals surface area contributed by atoms with Crippen molar-refractivity contribution in [2.75, 3.05) is 56.2 Å². The zero-order chi connectivity index (χ0) is 67.7. The van der Waals surface area contributed by atoms with E-state index in [1.54, 1.807) is 30.5 Å². The van der Waals surface area contributed by atoms with Crippen LogP contribution < -0.4 is 20.3 Å². The lowest BCUT2D eigenvalue weighted by molar-refractivity contribution is -0.248. The SMILES string of the molecule is Cc1c(-c2ccc(N3CCc4cccc(C(=O)Nc5nc6ccccc6s5)c4C3)nc2C(=O)O)cnn1CC12CC3(C)CC(C)(C1)CC(OCCN(CC[C@H](O)CO)C(=O)OCc1ccc(CCCCNC(=O)CN4C(=O)C=CC4=O)cc1O[C@H]1C[C@@H](O)C[C@@H](C(=O)O)O1)(C3)C2. The molecule has 2 unspecified atom stereocenters. The van der Waals surface area contributed by atoms with Gasteiger partial charge in [0, 0.05) is 92.2 Å². The number of para-hydroxylation sites is 1. The minimum Gasteiger partial charge on any atom is -0.479 e. The number of nitrogens with zero attached hydrogens (tertiary/aromatic N) is 7. The number of aryl methyl sites for hydroxylation is 1. The van der Waals surface area contributed by atoms with Crippen molar-refractivity contribution in [3.8, 4) is 16.9 Å². The molecule has 25 nitrogen and oxygen atoms in total. The highest BCUT2D eigenvalue weighted by Crippen LogP contribution is 2.72. The van der Waals surface area contributed by atoms with Gasteiger partial charge in [-0.3, -0.25) is 34.1 Å². The number of hydrogen-bond donors (Lipinski definition) is 7. The van der Waals surface area contributed by atoms with Gasteiger partial charge < -0.3 is 59.6 Å². The molecule has 6 atom stereocenters. The van der Waals surface area contributed by atoms with E-state index >= 15 is 0 Å². The molecule has 13 rings (SSSR count). The highest BCUT2D eigenvalue weighted by Gasteiger charge is 2.66. The second kappa shape index (κ2) is 27.8. The third kappa shape index (κ3) is 15.0. The van der Waals surface area contributed by atoms with E-state index in [4.69, 9.17) is 29.0 Å². The van der Waals surface area contributed by atoms with Crippen molar-refractivity contribution in [1.82, 2.24) is 34.9 Å². The summed E-state index contributed by atoms with van der Waals surface area (Å²) < 4.78 is 28.0. The Labute approximate surface area is 558 Å². The van der Waals surface area contributed by atoms with E-state index in [1.165, 1.54) is 16.2 Å². The summed E-state index contributed by atoms with van der Waals surface area (Å²) in [4.78, 5) is 103. The Bertz CT molecular complexity index is 3950. The molecular weight excluding hydrogens is 1250 g/mol. The average Bonchev–Trinajstić information content (AvgIpc) is 0.735. The van der Waals surface area contributed by atoms with E-state index in [0.717, 1.165) is 88.2 Å². The monoisotopic (exact) mass is 1340 g/mol. The zero-order valence-corrected chi connectivity index (χ0v) is 54.8. The van der Waals surface area contributed by atoms with E-state index in [-0.39, 0.29) is 92.3 Å². The number of unbranched alkanes of at least 4 members (excludes halogenated alkanes) is 1. The number of ether oxygens (including phenoxy) is 4. The average molecular weight is 1340 g/mol. The van der Waals surface area contributed by atoms with Crippen LogP contribution in [-0.2, 0) is 65.9 Å². The molecule has 7 N–H and O–H groups in total. The van der Waals surface area contributed by atoms with Crippen LogP contribution >= 0.6 is 11.3 Å². The minimum atomic E-state index is -1.32. The normalized spacial score (nSPS) is 24.5. The number of benzene rings is 3. The number of aliphatic carboxylic acids is 1. The highest BCUT2D eigenvalue weighted by atomic mass is 32.1. The fourth-order valence-corrected chi connectivity index (χ4v) is 17.3. The van der Waals surface area contributed by atoms with Crippen molar-refractivity contribution in [1.29, 1.82) is 0 Å². The van der Waals surface area contributed by atoms with Crippen LogP contribution in [0.4, 0.5) is 15.7 Å². The number of aliphatic hydroxyl groups excluding tert-OH is 3. The fraction of sp³-hybridized carbons (Fsp3) is 0.486. The van der Waals surface area contributed by atoms with Gasteiger partial charge in [0.2, 0.25) is 12.2 Å². The van der Waals surface area contributed by atoms with Gasteiger partial charge >= 0.3 is 18.0 Å². The van der Waals surface area contributed by atoms with Crippen molar-refractivity contribution >= 4 is 74.2 Å². The van der Waals surface area contributed by atoms with Crippen molar-refractivity contribution in [2.45, 2.75) is 154 Å². The lowest BCUT2D eigenvalue weighted by Crippen LogP contribution is -2.64. The standard InChI is InChI=1S/C70H81N9O16S/c1-42-50(48-16-17-56(74-61(48)64(89)90)77-23-20-44-10-8-11-49(51(44)31-77)62(86)75-65-73-52-12-4-5-13-55(52)96-65)30-72-79(42)41-69-36-67(2)35-68(3,37-69)39-70(38-67,40-69)93-26-25-76(24-21-46(81)33-80)66(91)92-34-45-15-14-43(27-53(45)94-60-29-47(82)28-54(95-60)63(87)88)9-6-7-22-71-57(83)32-78-58(84)18-19-59(78)85/h4-5,8,10-19,27,30,46-47,54,60,80-82H,6-7,9,20-26,28-29,31-41H2,1-3H3,(H,71,83)(H,87,88)(H,89,90)(H,73,75,86)/t46-,47-,54-,60+,67?,68?,69?,70?/m0/s1. The first-order chi connectivity index (χ1) is 46.0. The lowest BCUT2D eigenvalue weighted by Gasteiger charge is -2.69. The molecule has 96 heavy (non-hydrogen) atoms. The third-order valence-electron chi connectivity index (χ3n) is 19.6. The van der Waals surface area contributed by atoms with Crippen LogP contribution in [0.15, 0.2) is 91.1 Å². The van der Waals surface area contributed by atoms with E-state index in [9.17, 15) is 59.1 Å². The fourth-order valence-electron chi connectivity index (χ4n) is 16.4. The number of nitrogens with one attached hydrogen (secondary N) is 2. The topological polar surface area (TPSA) is 335 Å². The molecule has 4 aliphatic carbocycles. The van der Waals surface area contributed by atoms with Crippen LogP contribution in [0.5, 0.6) is 5.75 Å². The van der Waals surface area contributed by atoms with Gasteiger partial charge in [-0.05, 0) is 147 Å². The van der Waals surface area contributed by atoms with E-state index in [2.05, 4.69) is 29.5 Å². The van der Waals surface area contributed by atoms with E-state index in [1.807, 2.05) is 65.0 Å². The summed E-state index contributed by atoms with van der Waals surface area (Å²) in [5, 5.41) is 62.6. The number of carbonyl (C=O) groups excluding carboxylic acids is 5. The molecule has 3 aromatic carbocycles. The molecular formula is C70H81N9O16S. The maximum Gasteiger partial charge on any atom is 0.410 e. The number of aromatic carboxylic acids is 1. The molecule has 26 heteroatoms. The van der Waals surface area contributed by atoms with Crippen molar-refractivity contribution in [2.24, 2.45) is 16.2 Å². The molecule has 7 aliphatic rings. The van der Waals surface area contributed by atoms with Gasteiger partial charge in [-0.15, -0.1) is 0 Å². The first-order valence-electron chi connectivity index (χ1n) is 32.8. The second-order valence-electron chi connectivity index (χ2n) is 27.6. The number of carboxylic acids is 2. The number of anilines is 2. The number of aromatic nitrogens is 4. The molecule has 5 fully saturated rings. The maximum atomic E-state index is 14.3. The van der Waals surface area contributed by atoms with Crippen LogP contribution in [0.3, 0.4) is 0 Å². The number of carbonyl (C=O) groups is 7. The predicted octanol–water partition coefficient (Wildman–Crippen LogP) is 7.59. The number of aliphatic hydroxyl groups is 3. The second-order valence-corrected chi connectivity index (χ2v) is 28.6. The van der Waals surface area contributed by atoms with Gasteiger partial charge in [0.05, 0.1) is 47.4 Å². The molecule has 3 aliphatic heterocycles. The van der Waals surface area contributed by atoms with Crippen molar-refractivity contribution in [3.63, 3.8) is 0 Å². The van der Waals surface area contributed by atoms with E-state index < -0.39 is 72.6 Å². The number of imide groups is 1. The summed E-state index contributed by atoms with van der Waals surface area (Å²) in [6.45, 7) is 7.44. The van der Waals surface area contributed by atoms with E-state index in [0.29, 0.717) is 78.5 Å². The number of fused-ring (bicyclic) bond motifs is 2. The van der Waals surface area contributed by atoms with Crippen LogP contribution in [0.25, 0.3) is 21.3 Å². The Morgan fingerprint density at radius 1 is 0.885 bits per heavy atom. The Morgan fingerprint density at radius 3 is 2.42 bits per heavy atom. The summed E-state index contributed by atoms with van der Waals surface area (Å²) in [6.07, 6.45) is 6.03. The summed E-state index contributed by atoms with van der Waals surface area (Å²) >= 11 is 1.41. The van der Waals surface area contributed by atoms with Gasteiger partial charge in [-0.1, -0.05) is 61.6 Å². The summed E-state index contributed by atoms with van der Waals surface area (Å²) in [5.74, 6) is -3.58. The van der Waals surface area contributed by atoms with Crippen LogP contribution in [0, 0.1) is 23.2 Å². The molecule has 0 radical (unpaired) electrons. The highest BCUT2D eigenvalue weighted by molar-refractivity contribution is 7.22. The molecule has 4 bridgehead atoms. The largest absolute Gasteiger partial charge is 0.479 e. The maximum absolute atomic E-state index is 14.3. The molecule has 0 spiro atoms. The summed E-state index contributed by atoms with van der Waals surface area (Å²) in [7, 11) is 0. The Kier molecular flexibility index (Phi) is 19.5. The first kappa shape index (κ1) is 67.3. The Hall–Kier alpha value is -8.66. The van der Waals surface area contributed by atoms with Crippen molar-refractivity contribution in [3.05, 3.63) is 130 Å². The molecule has 1 saturated heterocycles. The number of rotatable bonds is 27. The summed E-state index contributed by atoms with van der Waals surface area (Å²) in [6, 6.07) is 22.3. The Morgan fingerprint density at radius 2 is 1.67 bits per heavy atom. The van der Waals surface area contributed by atoms with Gasteiger partial charge in [-0.2, -0.15) is 5.10 Å². The lowest BCUT2D eigenvalue weighted by atomic mass is 9.39. The van der Waals surface area contributed by atoms with Gasteiger partial charge in [0.15, 0.2) is 16.9 Å². The van der Waals surface area contributed by atoms with Crippen LogP contribution in [0.2, 0.25) is 0 Å². The smallest absolute Gasteiger partial charge is 0.410 e. The Balaban J connectivity index is 0.702. The number of hydrogen-bond acceptors (Lipinski definition) is 19. The van der Waals surface area contributed by atoms with Gasteiger partial charge in [0.25, 0.3) is 17.7 Å². The predicted molar refractivity (Wildman–Crippen MR) is 351 cm³/mol. The van der Waals surface area contributed by atoms with Crippen LogP contribution in [0.1, 0.15) is 133 Å². The van der Waals surface area contributed by atoms with Crippen LogP contribution in [-0.4, -0.2) is 173 Å². The van der Waals surface area contributed by atoms with Gasteiger partial charge in [-0.25, -0.2) is 24.4 Å². The number of amides is 5. The van der Waals surface area contributed by atoms with Crippen molar-refractivity contribution < 1.29 is 78.0 Å². The number of carboxylic acid groups (broad SMARTS) is 2. The quantitative estimate of drug-likeness (QED) is 0.0193. The molecule has 6 aromatic rings. The zero-order valence-electron chi connectivity index (χ0n) is 54.0. The third-order valence-corrected chi connectivity index (χ3v) is 20.6. The molecule has 6 heterocycles. The summed E-state index contributed by atoms with van der Waals surface area (Å²) in [5.41, 5.74) is 5.25. The number of pyridine rings is 1. The van der Waals surface area contributed by atoms with Gasteiger partial charge in [0.1, 0.15) is 24.7 Å².